The van der Waals surface area contributed by atoms with Crippen LogP contribution in [0.4, 0.5) is 0 Å². The van der Waals surface area contributed by atoms with Gasteiger partial charge in [-0.1, -0.05) is 31.6 Å². The van der Waals surface area contributed by atoms with Gasteiger partial charge < -0.3 is 0 Å². The van der Waals surface area contributed by atoms with Crippen LogP contribution in [0.2, 0.25) is 19.5 Å². The van der Waals surface area contributed by atoms with E-state index in [9.17, 15) is 0 Å². The van der Waals surface area contributed by atoms with Gasteiger partial charge in [-0.15, -0.1) is 0 Å². The average molecular weight is 134 g/mol. The molecule has 0 amide bonds. The summed E-state index contributed by atoms with van der Waals surface area (Å²) in [5, 5.41) is 0. The molecule has 0 spiro atoms. The van der Waals surface area contributed by atoms with Crippen LogP contribution in [0.1, 0.15) is 12.8 Å². The summed E-state index contributed by atoms with van der Waals surface area (Å²) in [6.07, 6.45) is 10.6. The Labute approximate surface area is 63.8 Å². The maximum absolute atomic E-state index is 2.44. The number of rotatable bonds is 0. The Kier molecular flexibility index (Phi) is 1.59. The lowest BCUT2D eigenvalue weighted by atomic mass is 9.38. The molecule has 2 atom stereocenters. The Morgan fingerprint density at radius 1 is 1.40 bits per heavy atom. The largest absolute Gasteiger partial charge is 0.137 e. The van der Waals surface area contributed by atoms with Crippen molar-refractivity contribution < 1.29 is 0 Å². The summed E-state index contributed by atoms with van der Waals surface area (Å²) in [5.41, 5.74) is 0. The number of fused-ring (bicyclic) bond motifs is 2. The molecule has 1 fully saturated rings. The Morgan fingerprint density at radius 2 is 2.30 bits per heavy atom. The molecule has 0 unspecified atom stereocenters. The zero-order valence-electron chi connectivity index (χ0n) is 6.72. The van der Waals surface area contributed by atoms with Gasteiger partial charge in [0.05, 0.1) is 0 Å². The van der Waals surface area contributed by atoms with Crippen molar-refractivity contribution in [3.05, 3.63) is 12.2 Å². The minimum absolute atomic E-state index is 0.947. The first-order valence-corrected chi connectivity index (χ1v) is 4.51. The third kappa shape index (κ3) is 1.14. The van der Waals surface area contributed by atoms with E-state index in [4.69, 9.17) is 0 Å². The van der Waals surface area contributed by atoms with Crippen LogP contribution >= 0.6 is 0 Å². The van der Waals surface area contributed by atoms with Gasteiger partial charge in [-0.2, -0.15) is 0 Å². The highest BCUT2D eigenvalue weighted by atomic mass is 14.2. The molecule has 2 aliphatic rings. The molecule has 0 nitrogen and oxygen atoms in total. The molecule has 1 heterocycles. The van der Waals surface area contributed by atoms with E-state index in [0.717, 1.165) is 18.5 Å². The molecule has 0 aromatic heterocycles. The van der Waals surface area contributed by atoms with Gasteiger partial charge in [0.2, 0.25) is 0 Å². The Morgan fingerprint density at radius 3 is 3.10 bits per heavy atom. The maximum atomic E-state index is 2.44. The van der Waals surface area contributed by atoms with E-state index in [1.54, 1.807) is 0 Å². The van der Waals surface area contributed by atoms with Crippen LogP contribution in [0.3, 0.4) is 0 Å². The summed E-state index contributed by atoms with van der Waals surface area (Å²) in [6, 6.07) is 0. The molecule has 0 N–H and O–H groups in total. The normalized spacial score (nSPS) is 38.3. The van der Waals surface area contributed by atoms with E-state index in [1.807, 2.05) is 0 Å². The molecule has 1 heteroatoms. The summed E-state index contributed by atoms with van der Waals surface area (Å²) >= 11 is 0. The highest BCUT2D eigenvalue weighted by molar-refractivity contribution is 6.57. The maximum Gasteiger partial charge on any atom is 0.137 e. The van der Waals surface area contributed by atoms with Crippen LogP contribution in [-0.4, -0.2) is 6.71 Å². The van der Waals surface area contributed by atoms with Crippen LogP contribution in [0, 0.1) is 11.8 Å². The van der Waals surface area contributed by atoms with Gasteiger partial charge in [0.25, 0.3) is 0 Å². The second-order valence-corrected chi connectivity index (χ2v) is 4.10. The van der Waals surface area contributed by atoms with Crippen molar-refractivity contribution in [1.29, 1.82) is 0 Å². The first kappa shape index (κ1) is 6.51. The van der Waals surface area contributed by atoms with Crippen LogP contribution in [0.5, 0.6) is 0 Å². The van der Waals surface area contributed by atoms with E-state index in [2.05, 4.69) is 19.0 Å². The monoisotopic (exact) mass is 134 g/mol. The lowest BCUT2D eigenvalue weighted by molar-refractivity contribution is 0.422. The van der Waals surface area contributed by atoms with E-state index < -0.39 is 0 Å². The molecule has 1 saturated heterocycles. The highest BCUT2D eigenvalue weighted by Crippen LogP contribution is 2.36. The molecule has 0 radical (unpaired) electrons. The van der Waals surface area contributed by atoms with Gasteiger partial charge in [0.15, 0.2) is 0 Å². The van der Waals surface area contributed by atoms with Crippen LogP contribution in [-0.2, 0) is 0 Å². The molecule has 54 valence electrons. The number of allylic oxidation sites excluding steroid dienone is 2. The molecular formula is C9H15B. The van der Waals surface area contributed by atoms with E-state index >= 15 is 0 Å². The van der Waals surface area contributed by atoms with E-state index in [-0.39, 0.29) is 0 Å². The molecule has 0 aromatic carbocycles. The minimum atomic E-state index is 0.947. The zero-order chi connectivity index (χ0) is 6.97. The Bertz CT molecular complexity index is 151. The third-order valence-electron chi connectivity index (χ3n) is 2.95. The van der Waals surface area contributed by atoms with Crippen molar-refractivity contribution in [3.8, 4) is 0 Å². The fourth-order valence-corrected chi connectivity index (χ4v) is 2.62. The molecule has 10 heavy (non-hydrogen) atoms. The lowest BCUT2D eigenvalue weighted by Crippen LogP contribution is -2.26. The SMILES string of the molecule is CB1C[C@@H]2C=CC[C@H](C1)C2. The fraction of sp³-hybridized carbons (Fsp3) is 0.778. The summed E-state index contributed by atoms with van der Waals surface area (Å²) in [4.78, 5) is 0. The second-order valence-electron chi connectivity index (χ2n) is 4.10. The third-order valence-corrected chi connectivity index (χ3v) is 2.95. The minimum Gasteiger partial charge on any atom is -0.0880 e. The zero-order valence-corrected chi connectivity index (χ0v) is 6.72. The van der Waals surface area contributed by atoms with Gasteiger partial charge in [-0.25, -0.2) is 0 Å². The average Bonchev–Trinajstić information content (AvgIpc) is 1.85. The molecule has 1 aliphatic carbocycles. The first-order chi connectivity index (χ1) is 4.84. The number of hydrogen-bond donors (Lipinski definition) is 0. The summed E-state index contributed by atoms with van der Waals surface area (Å²) in [6.45, 7) is 3.40. The summed E-state index contributed by atoms with van der Waals surface area (Å²) in [5.74, 6) is 1.99. The van der Waals surface area contributed by atoms with Crippen molar-refractivity contribution in [2.75, 3.05) is 0 Å². The fourth-order valence-electron chi connectivity index (χ4n) is 2.62. The predicted octanol–water partition coefficient (Wildman–Crippen LogP) is 2.71. The molecule has 0 aromatic rings. The standard InChI is InChI=1S/C9H15B/c1-10-6-8-3-2-4-9(5-8)7-10/h2-3,8-9H,4-7H2,1H3/t8-,9+/m1/s1. The Hall–Kier alpha value is -0.195. The van der Waals surface area contributed by atoms with Gasteiger partial charge >= 0.3 is 0 Å². The van der Waals surface area contributed by atoms with E-state index in [0.29, 0.717) is 0 Å². The van der Waals surface area contributed by atoms with Gasteiger partial charge in [-0.3, -0.25) is 0 Å². The Balaban J connectivity index is 2.09. The quantitative estimate of drug-likeness (QED) is 0.353. The molecule has 1 aliphatic heterocycles. The topological polar surface area (TPSA) is 0 Å². The van der Waals surface area contributed by atoms with Gasteiger partial charge in [0, 0.05) is 0 Å². The van der Waals surface area contributed by atoms with Gasteiger partial charge in [-0.05, 0) is 24.7 Å². The highest BCUT2D eigenvalue weighted by Gasteiger charge is 2.28. The van der Waals surface area contributed by atoms with Crippen molar-refractivity contribution >= 4 is 6.71 Å². The molecule has 0 saturated carbocycles. The molecule has 2 bridgehead atoms. The second kappa shape index (κ2) is 2.45. The summed E-state index contributed by atoms with van der Waals surface area (Å²) < 4.78 is 0. The van der Waals surface area contributed by atoms with Crippen molar-refractivity contribution in [2.24, 2.45) is 11.8 Å². The van der Waals surface area contributed by atoms with Crippen molar-refractivity contribution in [1.82, 2.24) is 0 Å². The van der Waals surface area contributed by atoms with Crippen molar-refractivity contribution in [3.63, 3.8) is 0 Å². The van der Waals surface area contributed by atoms with Crippen LogP contribution in [0.15, 0.2) is 12.2 Å². The smallest absolute Gasteiger partial charge is 0.0880 e. The molecule has 2 rings (SSSR count). The lowest BCUT2D eigenvalue weighted by Gasteiger charge is -2.32. The van der Waals surface area contributed by atoms with Crippen LogP contribution < -0.4 is 0 Å². The summed E-state index contributed by atoms with van der Waals surface area (Å²) in [7, 11) is 0. The molecular weight excluding hydrogens is 119 g/mol. The predicted molar refractivity (Wildman–Crippen MR) is 46.6 cm³/mol. The number of hydrogen-bond acceptors (Lipinski definition) is 0. The van der Waals surface area contributed by atoms with Gasteiger partial charge in [0.1, 0.15) is 6.71 Å². The van der Waals surface area contributed by atoms with Crippen molar-refractivity contribution in [2.45, 2.75) is 32.3 Å². The van der Waals surface area contributed by atoms with E-state index in [1.165, 1.54) is 25.5 Å². The van der Waals surface area contributed by atoms with Crippen LogP contribution in [0.25, 0.3) is 0 Å². The first-order valence-electron chi connectivity index (χ1n) is 4.51.